The zero-order chi connectivity index (χ0) is 15.8. The molecule has 1 atom stereocenters. The molecule has 2 amide bonds. The lowest BCUT2D eigenvalue weighted by Gasteiger charge is -2.33. The van der Waals surface area contributed by atoms with Crippen LogP contribution in [0.2, 0.25) is 0 Å². The van der Waals surface area contributed by atoms with E-state index in [1.165, 1.54) is 16.2 Å². The number of carbonyl (C=O) groups excluding carboxylic acids is 2. The van der Waals surface area contributed by atoms with Crippen molar-refractivity contribution in [3.63, 3.8) is 0 Å². The fourth-order valence-electron chi connectivity index (χ4n) is 2.83. The minimum Gasteiger partial charge on any atom is -0.365 e. The number of primary amides is 1. The second-order valence-electron chi connectivity index (χ2n) is 6.56. The average Bonchev–Trinajstić information content (AvgIpc) is 2.74. The summed E-state index contributed by atoms with van der Waals surface area (Å²) in [6, 6.07) is 0. The van der Waals surface area contributed by atoms with Gasteiger partial charge in [-0.25, -0.2) is 0 Å². The molecule has 21 heavy (non-hydrogen) atoms. The highest BCUT2D eigenvalue weighted by Crippen LogP contribution is 2.44. The van der Waals surface area contributed by atoms with Crippen molar-refractivity contribution in [2.75, 3.05) is 11.2 Å². The molecule has 0 bridgehead atoms. The first-order chi connectivity index (χ1) is 9.74. The van der Waals surface area contributed by atoms with Crippen molar-refractivity contribution < 1.29 is 9.59 Å². The summed E-state index contributed by atoms with van der Waals surface area (Å²) in [6.45, 7) is 6.71. The summed E-state index contributed by atoms with van der Waals surface area (Å²) in [7, 11) is 0. The molecule has 0 aromatic carbocycles. The Kier molecular flexibility index (Phi) is 4.63. The molecule has 1 aliphatic rings. The van der Waals surface area contributed by atoms with Gasteiger partial charge in [-0.2, -0.15) is 0 Å². The molecule has 1 heterocycles. The van der Waals surface area contributed by atoms with Gasteiger partial charge in [0, 0.05) is 4.88 Å². The van der Waals surface area contributed by atoms with Crippen molar-refractivity contribution in [2.24, 2.45) is 17.1 Å². The number of amides is 2. The van der Waals surface area contributed by atoms with Gasteiger partial charge in [0.1, 0.15) is 10.9 Å². The zero-order valence-corrected chi connectivity index (χ0v) is 14.2. The predicted octanol–water partition coefficient (Wildman–Crippen LogP) is 3.18. The fourth-order valence-corrected chi connectivity index (χ4v) is 4.25. The number of hydrogen-bond donors (Lipinski definition) is 2. The summed E-state index contributed by atoms with van der Waals surface area (Å²) in [5, 5.41) is 3.25. The lowest BCUT2D eigenvalue weighted by atomic mass is 9.72. The molecular formula is C15H21ClN2O2S. The minimum absolute atomic E-state index is 0.134. The van der Waals surface area contributed by atoms with E-state index in [0.717, 1.165) is 24.8 Å². The quantitative estimate of drug-likeness (QED) is 0.836. The first-order valence-electron chi connectivity index (χ1n) is 7.04. The molecular weight excluding hydrogens is 308 g/mol. The molecule has 2 rings (SSSR count). The van der Waals surface area contributed by atoms with Gasteiger partial charge in [0.2, 0.25) is 5.91 Å². The Morgan fingerprint density at radius 1 is 1.43 bits per heavy atom. The van der Waals surface area contributed by atoms with Gasteiger partial charge in [0.25, 0.3) is 5.91 Å². The van der Waals surface area contributed by atoms with Crippen LogP contribution in [0, 0.1) is 11.3 Å². The third kappa shape index (κ3) is 3.40. The highest BCUT2D eigenvalue weighted by atomic mass is 35.5. The molecule has 116 valence electrons. The number of carbonyl (C=O) groups is 2. The van der Waals surface area contributed by atoms with Crippen molar-refractivity contribution in [3.05, 3.63) is 16.0 Å². The topological polar surface area (TPSA) is 72.2 Å². The Bertz CT molecular complexity index is 575. The molecule has 0 saturated carbocycles. The van der Waals surface area contributed by atoms with Crippen molar-refractivity contribution in [3.8, 4) is 0 Å². The Morgan fingerprint density at radius 2 is 2.10 bits per heavy atom. The van der Waals surface area contributed by atoms with E-state index in [2.05, 4.69) is 26.1 Å². The monoisotopic (exact) mass is 328 g/mol. The van der Waals surface area contributed by atoms with E-state index in [0.29, 0.717) is 16.5 Å². The van der Waals surface area contributed by atoms with Gasteiger partial charge in [-0.15, -0.1) is 22.9 Å². The molecule has 0 spiro atoms. The van der Waals surface area contributed by atoms with Crippen molar-refractivity contribution in [1.82, 2.24) is 0 Å². The first kappa shape index (κ1) is 16.3. The standard InChI is InChI=1S/C15H21ClN2O2S/c1-15(2,3)8-4-5-9-10(6-8)21-14(12(9)13(17)20)18-11(19)7-16/h8H,4-7H2,1-3H3,(H2,17,20)(H,18,19)/t8-/m0/s1. The molecule has 0 radical (unpaired) electrons. The van der Waals surface area contributed by atoms with Crippen LogP contribution in [0.3, 0.4) is 0 Å². The van der Waals surface area contributed by atoms with Gasteiger partial charge in [0.15, 0.2) is 0 Å². The van der Waals surface area contributed by atoms with Crippen LogP contribution in [0.5, 0.6) is 0 Å². The van der Waals surface area contributed by atoms with Gasteiger partial charge >= 0.3 is 0 Å². The van der Waals surface area contributed by atoms with Crippen LogP contribution in [0.25, 0.3) is 0 Å². The summed E-state index contributed by atoms with van der Waals surface area (Å²) in [5.41, 5.74) is 7.22. The molecule has 6 heteroatoms. The van der Waals surface area contributed by atoms with E-state index in [1.807, 2.05) is 0 Å². The van der Waals surface area contributed by atoms with Crippen LogP contribution in [0.4, 0.5) is 5.00 Å². The lowest BCUT2D eigenvalue weighted by molar-refractivity contribution is -0.113. The molecule has 4 nitrogen and oxygen atoms in total. The predicted molar refractivity (Wildman–Crippen MR) is 87.2 cm³/mol. The van der Waals surface area contributed by atoms with E-state index in [1.54, 1.807) is 0 Å². The zero-order valence-electron chi connectivity index (χ0n) is 12.6. The second kappa shape index (κ2) is 5.97. The number of halogens is 1. The van der Waals surface area contributed by atoms with E-state index < -0.39 is 5.91 Å². The molecule has 1 aromatic heterocycles. The molecule has 1 aromatic rings. The normalized spacial score (nSPS) is 18.2. The third-order valence-electron chi connectivity index (χ3n) is 4.11. The van der Waals surface area contributed by atoms with Crippen LogP contribution in [0.1, 0.15) is 48.0 Å². The molecule has 0 aliphatic heterocycles. The van der Waals surface area contributed by atoms with Crippen molar-refractivity contribution >= 4 is 39.8 Å². The summed E-state index contributed by atoms with van der Waals surface area (Å²) in [4.78, 5) is 24.4. The number of anilines is 1. The lowest BCUT2D eigenvalue weighted by Crippen LogP contribution is -2.27. The Labute approximate surface area is 134 Å². The van der Waals surface area contributed by atoms with Crippen LogP contribution in [-0.2, 0) is 17.6 Å². The maximum atomic E-state index is 11.7. The van der Waals surface area contributed by atoms with Gasteiger partial charge in [-0.1, -0.05) is 20.8 Å². The second-order valence-corrected chi connectivity index (χ2v) is 7.93. The molecule has 1 aliphatic carbocycles. The Morgan fingerprint density at radius 3 is 2.62 bits per heavy atom. The van der Waals surface area contributed by atoms with Crippen molar-refractivity contribution in [2.45, 2.75) is 40.0 Å². The molecule has 0 unspecified atom stereocenters. The summed E-state index contributed by atoms with van der Waals surface area (Å²) in [6.07, 6.45) is 2.81. The third-order valence-corrected chi connectivity index (χ3v) is 5.52. The summed E-state index contributed by atoms with van der Waals surface area (Å²) >= 11 is 6.98. The van der Waals surface area contributed by atoms with Gasteiger partial charge in [-0.3, -0.25) is 9.59 Å². The average molecular weight is 329 g/mol. The number of rotatable bonds is 3. The maximum Gasteiger partial charge on any atom is 0.251 e. The molecule has 0 fully saturated rings. The SMILES string of the molecule is CC(C)(C)[C@H]1CCc2c(sc(NC(=O)CCl)c2C(N)=O)C1. The van der Waals surface area contributed by atoms with E-state index in [9.17, 15) is 9.59 Å². The van der Waals surface area contributed by atoms with E-state index >= 15 is 0 Å². The Balaban J connectivity index is 2.37. The van der Waals surface area contributed by atoms with Gasteiger partial charge in [0.05, 0.1) is 5.56 Å². The number of alkyl halides is 1. The summed E-state index contributed by atoms with van der Waals surface area (Å²) in [5.74, 6) is -0.358. The van der Waals surface area contributed by atoms with Crippen molar-refractivity contribution in [1.29, 1.82) is 0 Å². The van der Waals surface area contributed by atoms with Gasteiger partial charge < -0.3 is 11.1 Å². The van der Waals surface area contributed by atoms with Crippen LogP contribution >= 0.6 is 22.9 Å². The highest BCUT2D eigenvalue weighted by molar-refractivity contribution is 7.17. The van der Waals surface area contributed by atoms with Crippen LogP contribution in [0.15, 0.2) is 0 Å². The maximum absolute atomic E-state index is 11.7. The van der Waals surface area contributed by atoms with Crippen LogP contribution < -0.4 is 11.1 Å². The van der Waals surface area contributed by atoms with Gasteiger partial charge in [-0.05, 0) is 36.2 Å². The van der Waals surface area contributed by atoms with Crippen LogP contribution in [-0.4, -0.2) is 17.7 Å². The van der Waals surface area contributed by atoms with E-state index in [4.69, 9.17) is 17.3 Å². The highest BCUT2D eigenvalue weighted by Gasteiger charge is 2.33. The molecule has 3 N–H and O–H groups in total. The minimum atomic E-state index is -0.480. The number of fused-ring (bicyclic) bond motifs is 1. The Hall–Kier alpha value is -1.07. The number of nitrogens with one attached hydrogen (secondary N) is 1. The smallest absolute Gasteiger partial charge is 0.251 e. The van der Waals surface area contributed by atoms with E-state index in [-0.39, 0.29) is 17.2 Å². The largest absolute Gasteiger partial charge is 0.365 e. The summed E-state index contributed by atoms with van der Waals surface area (Å²) < 4.78 is 0. The first-order valence-corrected chi connectivity index (χ1v) is 8.39. The fraction of sp³-hybridized carbons (Fsp3) is 0.600. The number of hydrogen-bond acceptors (Lipinski definition) is 3. The number of thiophene rings is 1. The molecule has 0 saturated heterocycles. The number of nitrogens with two attached hydrogens (primary N) is 1.